The van der Waals surface area contributed by atoms with Crippen LogP contribution in [0.4, 0.5) is 26.3 Å². The Morgan fingerprint density at radius 3 is 1.67 bits per heavy atom. The average Bonchev–Trinajstić information content (AvgIpc) is 2.11. The van der Waals surface area contributed by atoms with Crippen molar-refractivity contribution >= 4 is 15.9 Å². The van der Waals surface area contributed by atoms with Gasteiger partial charge in [0.2, 0.25) is 0 Å². The molecule has 0 rings (SSSR count). The molecule has 126 valence electrons. The van der Waals surface area contributed by atoms with E-state index >= 15 is 0 Å². The number of likely N-dealkylation sites (N-methyl/N-ethyl adjacent to an activating group) is 1. The fourth-order valence-corrected chi connectivity index (χ4v) is 1.10. The minimum absolute atomic E-state index is 0.181. The van der Waals surface area contributed by atoms with Gasteiger partial charge in [-0.3, -0.25) is 4.79 Å². The quantitative estimate of drug-likeness (QED) is 0.478. The van der Waals surface area contributed by atoms with Crippen LogP contribution in [0.15, 0.2) is 12.7 Å². The maximum Gasteiger partial charge on any atom is 0.516 e. The fraction of sp³-hybridized carbons (Fsp3) is 0.667. The van der Waals surface area contributed by atoms with Crippen LogP contribution in [0, 0.1) is 0 Å². The Morgan fingerprint density at radius 1 is 1.14 bits per heavy atom. The van der Waals surface area contributed by atoms with Crippen molar-refractivity contribution in [2.75, 3.05) is 27.7 Å². The number of sulfonamides is 1. The zero-order chi connectivity index (χ0) is 17.7. The summed E-state index contributed by atoms with van der Waals surface area (Å²) in [6.45, 7) is 4.67. The Balaban J connectivity index is 0. The van der Waals surface area contributed by atoms with Crippen LogP contribution in [0.25, 0.3) is 0 Å². The van der Waals surface area contributed by atoms with Gasteiger partial charge in [-0.15, -0.1) is 0 Å². The van der Waals surface area contributed by atoms with Crippen LogP contribution < -0.4 is 4.72 Å². The van der Waals surface area contributed by atoms with Crippen molar-refractivity contribution in [3.05, 3.63) is 12.7 Å². The molecule has 21 heavy (non-hydrogen) atoms. The van der Waals surface area contributed by atoms with Gasteiger partial charge in [-0.25, -0.2) is 4.72 Å². The number of nitrogens with one attached hydrogen (secondary N) is 1. The summed E-state index contributed by atoms with van der Waals surface area (Å²) >= 11 is 0. The van der Waals surface area contributed by atoms with E-state index in [9.17, 15) is 39.6 Å². The van der Waals surface area contributed by atoms with E-state index in [0.717, 1.165) is 11.0 Å². The highest BCUT2D eigenvalue weighted by atomic mass is 32.2. The van der Waals surface area contributed by atoms with Crippen LogP contribution in [0.1, 0.15) is 0 Å². The van der Waals surface area contributed by atoms with Gasteiger partial charge in [-0.2, -0.15) is 34.8 Å². The van der Waals surface area contributed by atoms with E-state index in [0.29, 0.717) is 0 Å². The fourth-order valence-electron chi connectivity index (χ4n) is 0.625. The van der Waals surface area contributed by atoms with Crippen LogP contribution in [-0.4, -0.2) is 58.2 Å². The number of rotatable bonds is 3. The van der Waals surface area contributed by atoms with Crippen LogP contribution in [0.5, 0.6) is 0 Å². The summed E-state index contributed by atoms with van der Waals surface area (Å²) in [5.41, 5.74) is -5.96. The van der Waals surface area contributed by atoms with Crippen LogP contribution in [-0.2, 0) is 14.8 Å². The van der Waals surface area contributed by atoms with Gasteiger partial charge >= 0.3 is 27.6 Å². The molecule has 0 radical (unpaired) electrons. The number of hydrogen-bond donors (Lipinski definition) is 1. The number of carbonyl (C=O) groups excluding carboxylic acids is 1. The van der Waals surface area contributed by atoms with Crippen LogP contribution in [0.2, 0.25) is 0 Å². The lowest BCUT2D eigenvalue weighted by Gasteiger charge is -2.21. The van der Waals surface area contributed by atoms with Gasteiger partial charge in [0, 0.05) is 0 Å². The van der Waals surface area contributed by atoms with Crippen molar-refractivity contribution in [1.82, 2.24) is 4.72 Å². The molecular weight excluding hydrogens is 330 g/mol. The van der Waals surface area contributed by atoms with E-state index in [-0.39, 0.29) is 4.72 Å². The number of quaternary nitrogens is 1. The Hall–Kier alpha value is -1.30. The lowest BCUT2D eigenvalue weighted by atomic mass is 10.5. The molecule has 0 aromatic rings. The number of nitrogens with zero attached hydrogens (tertiary/aromatic N) is 1. The number of alkyl halides is 6. The summed E-state index contributed by atoms with van der Waals surface area (Å²) < 4.78 is 88.9. The second-order valence-corrected chi connectivity index (χ2v) is 6.31. The van der Waals surface area contributed by atoms with Gasteiger partial charge in [0.05, 0.1) is 27.7 Å². The first-order valence-corrected chi connectivity index (χ1v) is 6.54. The monoisotopic (exact) mass is 345 g/mol. The van der Waals surface area contributed by atoms with Gasteiger partial charge in [-0.1, -0.05) is 6.58 Å². The molecular formula is C9H15F6N2O3S+. The number of halogens is 6. The van der Waals surface area contributed by atoms with Crippen LogP contribution in [0.3, 0.4) is 0 Å². The molecule has 0 aromatic carbocycles. The molecule has 0 heterocycles. The molecule has 0 saturated heterocycles. The standard InChI is InChI=1S/C6H14N.C3HF6NO3S/c1-5-6-7(2,3)4;4-2(5,6)1(11)10-14(12,13)3(7,8)9/h5H,1,6H2,2-4H3;(H,10,11)/q+1;. The highest BCUT2D eigenvalue weighted by Gasteiger charge is 2.51. The van der Waals surface area contributed by atoms with Crippen molar-refractivity contribution in [3.8, 4) is 0 Å². The zero-order valence-corrected chi connectivity index (χ0v) is 12.2. The van der Waals surface area contributed by atoms with E-state index < -0.39 is 27.6 Å². The molecule has 0 spiro atoms. The smallest absolute Gasteiger partial charge is 0.328 e. The minimum atomic E-state index is -6.30. The van der Waals surface area contributed by atoms with E-state index in [2.05, 4.69) is 27.7 Å². The molecule has 0 bridgehead atoms. The molecule has 0 fully saturated rings. The van der Waals surface area contributed by atoms with E-state index in [1.807, 2.05) is 6.08 Å². The number of amides is 1. The third-order valence-electron chi connectivity index (χ3n) is 1.47. The molecule has 0 unspecified atom stereocenters. The SMILES string of the molecule is C=CC[N+](C)(C)C.O=C(NS(=O)(=O)C(F)(F)F)C(F)(F)F. The zero-order valence-electron chi connectivity index (χ0n) is 11.3. The molecule has 0 aliphatic carbocycles. The van der Waals surface area contributed by atoms with Crippen molar-refractivity contribution in [1.29, 1.82) is 0 Å². The Labute approximate surface area is 117 Å². The maximum atomic E-state index is 11.4. The van der Waals surface area contributed by atoms with Gasteiger partial charge in [0.15, 0.2) is 0 Å². The van der Waals surface area contributed by atoms with E-state index in [4.69, 9.17) is 0 Å². The molecule has 0 aliphatic rings. The predicted molar refractivity (Wildman–Crippen MR) is 62.3 cm³/mol. The average molecular weight is 345 g/mol. The largest absolute Gasteiger partial charge is 0.516 e. The lowest BCUT2D eigenvalue weighted by Crippen LogP contribution is -2.46. The highest BCUT2D eigenvalue weighted by molar-refractivity contribution is 7.90. The molecule has 0 saturated carbocycles. The Morgan fingerprint density at radius 2 is 1.52 bits per heavy atom. The molecule has 1 N–H and O–H groups in total. The Bertz CT molecular complexity index is 461. The first kappa shape index (κ1) is 22.0. The third kappa shape index (κ3) is 10.1. The summed E-state index contributed by atoms with van der Waals surface area (Å²) in [5.74, 6) is -3.20. The molecule has 5 nitrogen and oxygen atoms in total. The first-order chi connectivity index (χ1) is 8.94. The van der Waals surface area contributed by atoms with Crippen molar-refractivity contribution in [3.63, 3.8) is 0 Å². The molecule has 0 atom stereocenters. The summed E-state index contributed by atoms with van der Waals surface area (Å²) in [7, 11) is 0.122. The Kier molecular flexibility index (Phi) is 7.45. The predicted octanol–water partition coefficient (Wildman–Crippen LogP) is 1.39. The molecule has 12 heteroatoms. The van der Waals surface area contributed by atoms with Gasteiger partial charge in [0.25, 0.3) is 0 Å². The summed E-state index contributed by atoms with van der Waals surface area (Å²) in [6.07, 6.45) is -3.77. The third-order valence-corrected chi connectivity index (χ3v) is 2.53. The van der Waals surface area contributed by atoms with Crippen molar-refractivity contribution in [2.45, 2.75) is 11.7 Å². The first-order valence-electron chi connectivity index (χ1n) is 5.05. The molecule has 0 aliphatic heterocycles. The van der Waals surface area contributed by atoms with Gasteiger partial charge in [-0.05, 0) is 6.08 Å². The normalized spacial score (nSPS) is 13.0. The molecule has 1 amide bonds. The lowest BCUT2D eigenvalue weighted by molar-refractivity contribution is -0.864. The van der Waals surface area contributed by atoms with Crippen molar-refractivity contribution in [2.24, 2.45) is 0 Å². The number of hydrogen-bond acceptors (Lipinski definition) is 3. The van der Waals surface area contributed by atoms with E-state index in [1.165, 1.54) is 0 Å². The van der Waals surface area contributed by atoms with Gasteiger partial charge in [0.1, 0.15) is 0 Å². The highest BCUT2D eigenvalue weighted by Crippen LogP contribution is 2.23. The second kappa shape index (κ2) is 7.11. The van der Waals surface area contributed by atoms with Gasteiger partial charge < -0.3 is 4.48 Å². The second-order valence-electron chi connectivity index (χ2n) is 4.64. The summed E-state index contributed by atoms with van der Waals surface area (Å²) in [6, 6.07) is 0. The number of carbonyl (C=O) groups is 1. The maximum absolute atomic E-state index is 11.4. The topological polar surface area (TPSA) is 63.2 Å². The van der Waals surface area contributed by atoms with Crippen LogP contribution >= 0.6 is 0 Å². The van der Waals surface area contributed by atoms with Crippen molar-refractivity contribution < 1.29 is 44.0 Å². The molecule has 0 aromatic heterocycles. The summed E-state index contributed by atoms with van der Waals surface area (Å²) in [5, 5.41) is 0. The minimum Gasteiger partial charge on any atom is -0.328 e. The van der Waals surface area contributed by atoms with E-state index in [1.54, 1.807) is 0 Å². The summed E-state index contributed by atoms with van der Waals surface area (Å²) in [4.78, 5) is 9.81.